The Labute approximate surface area is 167 Å². The zero-order valence-electron chi connectivity index (χ0n) is 15.8. The van der Waals surface area contributed by atoms with Crippen molar-refractivity contribution in [1.82, 2.24) is 14.5 Å². The average molecular weight is 381 g/mol. The SMILES string of the molecule is CC1=C(C(=O)Nc2ccccc2)[C@H](c2ccccn2)n2c(nc3ccccc32)N1. The molecule has 1 amide bonds. The number of para-hydroxylation sites is 3. The molecule has 29 heavy (non-hydrogen) atoms. The van der Waals surface area contributed by atoms with Crippen LogP contribution in [0.2, 0.25) is 0 Å². The van der Waals surface area contributed by atoms with Crippen LogP contribution in [0.3, 0.4) is 0 Å². The van der Waals surface area contributed by atoms with Gasteiger partial charge >= 0.3 is 0 Å². The van der Waals surface area contributed by atoms with Crippen molar-refractivity contribution in [2.75, 3.05) is 10.6 Å². The van der Waals surface area contributed by atoms with E-state index in [1.54, 1.807) is 6.20 Å². The maximum absolute atomic E-state index is 13.4. The first-order valence-electron chi connectivity index (χ1n) is 9.44. The minimum Gasteiger partial charge on any atom is -0.329 e. The van der Waals surface area contributed by atoms with Crippen LogP contribution in [0.4, 0.5) is 11.6 Å². The molecule has 2 aromatic heterocycles. The van der Waals surface area contributed by atoms with Crippen molar-refractivity contribution in [3.8, 4) is 0 Å². The predicted octanol–water partition coefficient (Wildman–Crippen LogP) is 4.36. The Balaban J connectivity index is 1.67. The van der Waals surface area contributed by atoms with Gasteiger partial charge in [0.1, 0.15) is 6.04 Å². The summed E-state index contributed by atoms with van der Waals surface area (Å²) in [6.07, 6.45) is 1.75. The zero-order chi connectivity index (χ0) is 19.8. The highest BCUT2D eigenvalue weighted by atomic mass is 16.1. The molecule has 2 N–H and O–H groups in total. The van der Waals surface area contributed by atoms with Crippen molar-refractivity contribution in [2.45, 2.75) is 13.0 Å². The van der Waals surface area contributed by atoms with Crippen molar-refractivity contribution in [1.29, 1.82) is 0 Å². The Hall–Kier alpha value is -3.93. The van der Waals surface area contributed by atoms with E-state index in [-0.39, 0.29) is 11.9 Å². The van der Waals surface area contributed by atoms with E-state index < -0.39 is 0 Å². The highest BCUT2D eigenvalue weighted by Gasteiger charge is 2.34. The molecule has 6 nitrogen and oxygen atoms in total. The van der Waals surface area contributed by atoms with Gasteiger partial charge in [-0.3, -0.25) is 14.3 Å². The number of nitrogens with one attached hydrogen (secondary N) is 2. The van der Waals surface area contributed by atoms with Gasteiger partial charge in [-0.05, 0) is 43.3 Å². The van der Waals surface area contributed by atoms with E-state index in [0.29, 0.717) is 11.5 Å². The molecule has 2 aromatic carbocycles. The predicted molar refractivity (Wildman–Crippen MR) is 114 cm³/mol. The molecule has 0 bridgehead atoms. The summed E-state index contributed by atoms with van der Waals surface area (Å²) in [5.74, 6) is 0.538. The highest BCUT2D eigenvalue weighted by molar-refractivity contribution is 6.06. The minimum atomic E-state index is -0.386. The van der Waals surface area contributed by atoms with Crippen LogP contribution in [0, 0.1) is 0 Å². The Morgan fingerprint density at radius 1 is 1.00 bits per heavy atom. The minimum absolute atomic E-state index is 0.166. The number of nitrogens with zero attached hydrogens (tertiary/aromatic N) is 3. The summed E-state index contributed by atoms with van der Waals surface area (Å²) in [4.78, 5) is 22.6. The molecule has 0 saturated carbocycles. The van der Waals surface area contributed by atoms with Gasteiger partial charge in [-0.2, -0.15) is 0 Å². The lowest BCUT2D eigenvalue weighted by atomic mass is 9.97. The summed E-state index contributed by atoms with van der Waals surface area (Å²) in [7, 11) is 0. The van der Waals surface area contributed by atoms with E-state index in [2.05, 4.69) is 15.6 Å². The summed E-state index contributed by atoms with van der Waals surface area (Å²) in [6.45, 7) is 1.90. The number of hydrogen-bond donors (Lipinski definition) is 2. The molecular formula is C23H19N5O. The maximum atomic E-state index is 13.4. The number of pyridine rings is 1. The monoisotopic (exact) mass is 381 g/mol. The molecule has 0 aliphatic carbocycles. The lowest BCUT2D eigenvalue weighted by Crippen LogP contribution is -2.31. The van der Waals surface area contributed by atoms with Crippen LogP contribution in [0.25, 0.3) is 11.0 Å². The normalized spacial score (nSPS) is 15.7. The molecule has 0 spiro atoms. The lowest BCUT2D eigenvalue weighted by Gasteiger charge is -2.30. The number of carbonyl (C=O) groups excluding carboxylic acids is 1. The van der Waals surface area contributed by atoms with Crippen LogP contribution in [-0.4, -0.2) is 20.4 Å². The number of hydrogen-bond acceptors (Lipinski definition) is 4. The fraction of sp³-hybridized carbons (Fsp3) is 0.0870. The molecule has 0 saturated heterocycles. The first kappa shape index (κ1) is 17.2. The number of benzene rings is 2. The van der Waals surface area contributed by atoms with E-state index in [1.807, 2.05) is 84.3 Å². The molecule has 0 radical (unpaired) electrons. The van der Waals surface area contributed by atoms with E-state index in [9.17, 15) is 4.79 Å². The van der Waals surface area contributed by atoms with Crippen molar-refractivity contribution < 1.29 is 4.79 Å². The average Bonchev–Trinajstić information content (AvgIpc) is 3.12. The van der Waals surface area contributed by atoms with Crippen molar-refractivity contribution in [3.05, 3.63) is 96.0 Å². The second-order valence-corrected chi connectivity index (χ2v) is 6.94. The number of imidazole rings is 1. The van der Waals surface area contributed by atoms with Gasteiger partial charge in [0.15, 0.2) is 0 Å². The Kier molecular flexibility index (Phi) is 4.09. The third-order valence-electron chi connectivity index (χ3n) is 5.07. The van der Waals surface area contributed by atoms with Crippen LogP contribution in [0.1, 0.15) is 18.7 Å². The summed E-state index contributed by atoms with van der Waals surface area (Å²) in [6, 6.07) is 22.7. The van der Waals surface area contributed by atoms with Gasteiger partial charge in [0.25, 0.3) is 5.91 Å². The van der Waals surface area contributed by atoms with E-state index in [0.717, 1.165) is 28.1 Å². The van der Waals surface area contributed by atoms with E-state index in [1.165, 1.54) is 0 Å². The first-order chi connectivity index (χ1) is 14.2. The van der Waals surface area contributed by atoms with Crippen molar-refractivity contribution in [3.63, 3.8) is 0 Å². The molecule has 5 rings (SSSR count). The van der Waals surface area contributed by atoms with Crippen LogP contribution in [0.5, 0.6) is 0 Å². The Morgan fingerprint density at radius 3 is 2.55 bits per heavy atom. The summed E-state index contributed by atoms with van der Waals surface area (Å²) in [5, 5.41) is 6.32. The Bertz CT molecular complexity index is 1230. The fourth-order valence-corrected chi connectivity index (χ4v) is 3.80. The van der Waals surface area contributed by atoms with Crippen molar-refractivity contribution >= 4 is 28.6 Å². The number of allylic oxidation sites excluding steroid dienone is 1. The molecule has 1 atom stereocenters. The van der Waals surface area contributed by atoms with Crippen LogP contribution in [-0.2, 0) is 4.79 Å². The number of anilines is 2. The molecule has 0 unspecified atom stereocenters. The van der Waals surface area contributed by atoms with Gasteiger partial charge in [0.05, 0.1) is 22.3 Å². The molecule has 1 aliphatic heterocycles. The number of amides is 1. The highest BCUT2D eigenvalue weighted by Crippen LogP contribution is 2.38. The lowest BCUT2D eigenvalue weighted by molar-refractivity contribution is -0.113. The topological polar surface area (TPSA) is 71.8 Å². The summed E-state index contributed by atoms with van der Waals surface area (Å²) < 4.78 is 2.05. The third-order valence-corrected chi connectivity index (χ3v) is 5.07. The third kappa shape index (κ3) is 2.95. The van der Waals surface area contributed by atoms with Crippen molar-refractivity contribution in [2.24, 2.45) is 0 Å². The first-order valence-corrected chi connectivity index (χ1v) is 9.44. The molecule has 1 aliphatic rings. The smallest absolute Gasteiger partial charge is 0.255 e. The number of aromatic nitrogens is 3. The van der Waals surface area contributed by atoms with Gasteiger partial charge < -0.3 is 10.6 Å². The second kappa shape index (κ2) is 6.91. The molecule has 0 fully saturated rings. The quantitative estimate of drug-likeness (QED) is 0.553. The summed E-state index contributed by atoms with van der Waals surface area (Å²) in [5.41, 5.74) is 4.73. The van der Waals surface area contributed by atoms with Crippen LogP contribution < -0.4 is 10.6 Å². The molecule has 4 aromatic rings. The second-order valence-electron chi connectivity index (χ2n) is 6.94. The maximum Gasteiger partial charge on any atom is 0.255 e. The number of carbonyl (C=O) groups is 1. The van der Waals surface area contributed by atoms with E-state index in [4.69, 9.17) is 4.98 Å². The molecule has 142 valence electrons. The van der Waals surface area contributed by atoms with Gasteiger partial charge in [0.2, 0.25) is 5.95 Å². The zero-order valence-corrected chi connectivity index (χ0v) is 15.8. The largest absolute Gasteiger partial charge is 0.329 e. The summed E-state index contributed by atoms with van der Waals surface area (Å²) >= 11 is 0. The van der Waals surface area contributed by atoms with Gasteiger partial charge in [-0.15, -0.1) is 0 Å². The van der Waals surface area contributed by atoms with Crippen LogP contribution >= 0.6 is 0 Å². The molecular weight excluding hydrogens is 362 g/mol. The fourth-order valence-electron chi connectivity index (χ4n) is 3.80. The molecule has 3 heterocycles. The number of fused-ring (bicyclic) bond motifs is 3. The van der Waals surface area contributed by atoms with E-state index >= 15 is 0 Å². The van der Waals surface area contributed by atoms with Gasteiger partial charge in [0, 0.05) is 17.6 Å². The van der Waals surface area contributed by atoms with Gasteiger partial charge in [-0.25, -0.2) is 4.98 Å². The van der Waals surface area contributed by atoms with Crippen LogP contribution in [0.15, 0.2) is 90.3 Å². The standard InChI is InChI=1S/C23H19N5O/c1-15-20(22(29)26-16-9-3-2-4-10-16)21(18-12-7-8-14-24-18)28-19-13-6-5-11-17(19)27-23(28)25-15/h2-14,21H,1H3,(H,25,27)(H,26,29)/t21-/m0/s1. The number of rotatable bonds is 3. The molecule has 6 heteroatoms. The van der Waals surface area contributed by atoms with Gasteiger partial charge in [-0.1, -0.05) is 36.4 Å². The Morgan fingerprint density at radius 2 is 1.76 bits per heavy atom.